The van der Waals surface area contributed by atoms with Gasteiger partial charge >= 0.3 is 0 Å². The number of nitrogens with one attached hydrogen (secondary N) is 1. The highest BCUT2D eigenvalue weighted by molar-refractivity contribution is 7.89. The van der Waals surface area contributed by atoms with Crippen LogP contribution in [0.3, 0.4) is 0 Å². The molecular formula is C11H21ClN2O3S. The van der Waals surface area contributed by atoms with Gasteiger partial charge in [-0.2, -0.15) is 0 Å². The van der Waals surface area contributed by atoms with Crippen molar-refractivity contribution < 1.29 is 13.2 Å². The van der Waals surface area contributed by atoms with Crippen molar-refractivity contribution in [2.45, 2.75) is 32.7 Å². The lowest BCUT2D eigenvalue weighted by Crippen LogP contribution is -2.48. The molecule has 0 radical (unpaired) electrons. The number of piperidine rings is 1. The van der Waals surface area contributed by atoms with E-state index in [1.165, 1.54) is 0 Å². The molecule has 0 aromatic carbocycles. The zero-order chi connectivity index (χ0) is 13.8. The number of nitrogens with zero attached hydrogens (tertiary/aromatic N) is 1. The third-order valence-corrected chi connectivity index (χ3v) is 5.10. The zero-order valence-corrected chi connectivity index (χ0v) is 12.4. The average Bonchev–Trinajstić information content (AvgIpc) is 2.37. The van der Waals surface area contributed by atoms with Gasteiger partial charge in [0.05, 0.1) is 5.75 Å². The second-order valence-corrected chi connectivity index (χ2v) is 7.03. The Morgan fingerprint density at radius 3 is 2.44 bits per heavy atom. The van der Waals surface area contributed by atoms with E-state index in [-0.39, 0.29) is 23.6 Å². The van der Waals surface area contributed by atoms with E-state index in [4.69, 9.17) is 11.6 Å². The molecule has 1 N–H and O–H groups in total. The van der Waals surface area contributed by atoms with Crippen molar-refractivity contribution in [1.82, 2.24) is 9.62 Å². The third kappa shape index (κ3) is 4.40. The molecule has 1 amide bonds. The highest BCUT2D eigenvalue weighted by Crippen LogP contribution is 2.14. The number of hydrogen-bond acceptors (Lipinski definition) is 3. The predicted octanol–water partition coefficient (Wildman–Crippen LogP) is 0.792. The maximum Gasteiger partial charge on any atom is 0.226 e. The molecule has 0 aliphatic carbocycles. The molecule has 0 saturated carbocycles. The van der Waals surface area contributed by atoms with Gasteiger partial charge < -0.3 is 4.90 Å². The van der Waals surface area contributed by atoms with Crippen LogP contribution in [0.15, 0.2) is 0 Å². The molecule has 1 rings (SSSR count). The molecule has 1 unspecified atom stereocenters. The number of hydrogen-bond donors (Lipinski definition) is 1. The van der Waals surface area contributed by atoms with E-state index in [1.54, 1.807) is 18.7 Å². The summed E-state index contributed by atoms with van der Waals surface area (Å²) in [4.78, 5) is 13.6. The fourth-order valence-corrected chi connectivity index (χ4v) is 2.97. The quantitative estimate of drug-likeness (QED) is 0.763. The number of alkyl halides is 1. The number of rotatable bonds is 5. The molecule has 0 aromatic rings. The average molecular weight is 297 g/mol. The van der Waals surface area contributed by atoms with Gasteiger partial charge in [-0.1, -0.05) is 6.92 Å². The van der Waals surface area contributed by atoms with Crippen LogP contribution in [-0.2, 0) is 14.8 Å². The summed E-state index contributed by atoms with van der Waals surface area (Å²) in [6, 6.07) is -0.0506. The summed E-state index contributed by atoms with van der Waals surface area (Å²) in [6.45, 7) is 4.61. The first-order valence-electron chi connectivity index (χ1n) is 6.24. The predicted molar refractivity (Wildman–Crippen MR) is 72.1 cm³/mol. The Bertz CT molecular complexity index is 378. The smallest absolute Gasteiger partial charge is 0.226 e. The molecule has 7 heteroatoms. The van der Waals surface area contributed by atoms with E-state index < -0.39 is 10.0 Å². The van der Waals surface area contributed by atoms with Gasteiger partial charge in [-0.05, 0) is 19.8 Å². The number of amides is 1. The Morgan fingerprint density at radius 1 is 1.44 bits per heavy atom. The van der Waals surface area contributed by atoms with Crippen LogP contribution < -0.4 is 4.72 Å². The second-order valence-electron chi connectivity index (χ2n) is 4.68. The van der Waals surface area contributed by atoms with E-state index in [0.29, 0.717) is 31.8 Å². The summed E-state index contributed by atoms with van der Waals surface area (Å²) in [5, 5.41) is 0. The van der Waals surface area contributed by atoms with E-state index >= 15 is 0 Å². The summed E-state index contributed by atoms with van der Waals surface area (Å²) in [5.74, 6) is 0.300. The van der Waals surface area contributed by atoms with E-state index in [1.807, 2.05) is 0 Å². The monoisotopic (exact) mass is 296 g/mol. The molecule has 0 aromatic heterocycles. The molecule has 0 spiro atoms. The summed E-state index contributed by atoms with van der Waals surface area (Å²) in [7, 11) is -3.15. The molecule has 1 heterocycles. The van der Waals surface area contributed by atoms with Crippen LogP contribution in [0.4, 0.5) is 0 Å². The Labute approximate surface area is 114 Å². The van der Waals surface area contributed by atoms with Crippen molar-refractivity contribution in [2.24, 2.45) is 5.92 Å². The van der Waals surface area contributed by atoms with E-state index in [2.05, 4.69) is 4.72 Å². The first-order valence-corrected chi connectivity index (χ1v) is 8.43. The highest BCUT2D eigenvalue weighted by Gasteiger charge is 2.27. The molecule has 1 atom stereocenters. The Hall–Kier alpha value is -0.330. The van der Waals surface area contributed by atoms with Crippen LogP contribution in [0.5, 0.6) is 0 Å². The van der Waals surface area contributed by atoms with Crippen LogP contribution in [-0.4, -0.2) is 50.0 Å². The van der Waals surface area contributed by atoms with Crippen molar-refractivity contribution >= 4 is 27.5 Å². The Morgan fingerprint density at radius 2 is 2.00 bits per heavy atom. The highest BCUT2D eigenvalue weighted by atomic mass is 35.5. The van der Waals surface area contributed by atoms with Crippen LogP contribution in [0.1, 0.15) is 26.7 Å². The number of carbonyl (C=O) groups is 1. The molecule has 5 nitrogen and oxygen atoms in total. The largest absolute Gasteiger partial charge is 0.342 e. The maximum absolute atomic E-state index is 11.9. The van der Waals surface area contributed by atoms with Crippen molar-refractivity contribution in [1.29, 1.82) is 0 Å². The minimum Gasteiger partial charge on any atom is -0.342 e. The molecule has 1 aliphatic rings. The van der Waals surface area contributed by atoms with Crippen molar-refractivity contribution in [3.05, 3.63) is 0 Å². The first-order chi connectivity index (χ1) is 8.39. The first kappa shape index (κ1) is 15.7. The number of sulfonamides is 1. The second kappa shape index (κ2) is 6.73. The van der Waals surface area contributed by atoms with Crippen molar-refractivity contribution in [2.75, 3.05) is 24.7 Å². The third-order valence-electron chi connectivity index (χ3n) is 3.19. The minimum atomic E-state index is -3.15. The SMILES string of the molecule is CCS(=O)(=O)NC1CCN(C(=O)C(C)CCl)CC1. The van der Waals surface area contributed by atoms with Gasteiger partial charge in [-0.15, -0.1) is 11.6 Å². The van der Waals surface area contributed by atoms with Gasteiger partial charge in [0.15, 0.2) is 0 Å². The number of halogens is 1. The molecule has 1 saturated heterocycles. The Balaban J connectivity index is 2.44. The van der Waals surface area contributed by atoms with E-state index in [0.717, 1.165) is 0 Å². The minimum absolute atomic E-state index is 0.0506. The van der Waals surface area contributed by atoms with Crippen molar-refractivity contribution in [3.63, 3.8) is 0 Å². The van der Waals surface area contributed by atoms with Gasteiger partial charge in [0, 0.05) is 30.9 Å². The number of likely N-dealkylation sites (tertiary alicyclic amines) is 1. The zero-order valence-electron chi connectivity index (χ0n) is 10.9. The van der Waals surface area contributed by atoms with Gasteiger partial charge in [0.1, 0.15) is 0 Å². The topological polar surface area (TPSA) is 66.5 Å². The standard InChI is InChI=1S/C11H21ClN2O3S/c1-3-18(16,17)13-10-4-6-14(7-5-10)11(15)9(2)8-12/h9-10,13H,3-8H2,1-2H3. The van der Waals surface area contributed by atoms with Gasteiger partial charge in [0.25, 0.3) is 0 Å². The molecule has 106 valence electrons. The van der Waals surface area contributed by atoms with Crippen LogP contribution in [0, 0.1) is 5.92 Å². The normalized spacial score (nSPS) is 19.8. The molecule has 1 fully saturated rings. The van der Waals surface area contributed by atoms with Crippen LogP contribution in [0.2, 0.25) is 0 Å². The fourth-order valence-electron chi connectivity index (χ4n) is 1.93. The van der Waals surface area contributed by atoms with E-state index in [9.17, 15) is 13.2 Å². The summed E-state index contributed by atoms with van der Waals surface area (Å²) in [6.07, 6.45) is 1.33. The summed E-state index contributed by atoms with van der Waals surface area (Å²) in [5.41, 5.74) is 0. The van der Waals surface area contributed by atoms with Crippen molar-refractivity contribution in [3.8, 4) is 0 Å². The molecule has 0 bridgehead atoms. The maximum atomic E-state index is 11.9. The van der Waals surface area contributed by atoms with Gasteiger partial charge in [-0.25, -0.2) is 13.1 Å². The van der Waals surface area contributed by atoms with Crippen LogP contribution in [0.25, 0.3) is 0 Å². The molecule has 1 aliphatic heterocycles. The van der Waals surface area contributed by atoms with Gasteiger partial charge in [0.2, 0.25) is 15.9 Å². The van der Waals surface area contributed by atoms with Crippen LogP contribution >= 0.6 is 11.6 Å². The lowest BCUT2D eigenvalue weighted by molar-refractivity contribution is -0.135. The summed E-state index contributed by atoms with van der Waals surface area (Å²) >= 11 is 5.66. The fraction of sp³-hybridized carbons (Fsp3) is 0.909. The Kier molecular flexibility index (Phi) is 5.88. The lowest BCUT2D eigenvalue weighted by atomic mass is 10.0. The lowest BCUT2D eigenvalue weighted by Gasteiger charge is -2.33. The number of carbonyl (C=O) groups excluding carboxylic acids is 1. The summed E-state index contributed by atoms with van der Waals surface area (Å²) < 4.78 is 25.5. The molecular weight excluding hydrogens is 276 g/mol. The molecule has 18 heavy (non-hydrogen) atoms. The van der Waals surface area contributed by atoms with Gasteiger partial charge in [-0.3, -0.25) is 4.79 Å².